The number of halogens is 4. The summed E-state index contributed by atoms with van der Waals surface area (Å²) in [7, 11) is 0. The SMILES string of the molecule is C=C(c1ccc(C(=O)O)cc1)c1cc2c(cc1C(F)F)C(C)(C)CCC21CC1.C=C1CCC(C)(C)c2cc(Cl)ccc21.CC1(C)CCC(=O)c2ccc(Cl)cc21. The Morgan fingerprint density at radius 1 is 0.661 bits per heavy atom. The van der Waals surface area contributed by atoms with Gasteiger partial charge in [0.1, 0.15) is 0 Å². The van der Waals surface area contributed by atoms with Crippen LogP contribution in [0.3, 0.4) is 0 Å². The molecule has 294 valence electrons. The molecule has 4 aromatic carbocycles. The van der Waals surface area contributed by atoms with E-state index in [1.165, 1.54) is 40.8 Å². The number of carboxylic acids is 1. The minimum absolute atomic E-state index is 0.0110. The lowest BCUT2D eigenvalue weighted by atomic mass is 9.66. The molecule has 0 radical (unpaired) electrons. The molecule has 4 aliphatic rings. The first-order valence-corrected chi connectivity index (χ1v) is 20.2. The third kappa shape index (κ3) is 8.31. The number of aromatic carboxylic acids is 1. The van der Waals surface area contributed by atoms with E-state index in [1.807, 2.05) is 24.3 Å². The Balaban J connectivity index is 0.000000159. The zero-order valence-corrected chi connectivity index (χ0v) is 34.9. The molecule has 0 atom stereocenters. The number of benzene rings is 4. The van der Waals surface area contributed by atoms with Crippen LogP contribution in [0.25, 0.3) is 11.1 Å². The molecular formula is C49H52Cl2F2O3. The average Bonchev–Trinajstić information content (AvgIpc) is 3.94. The zero-order valence-electron chi connectivity index (χ0n) is 33.4. The van der Waals surface area contributed by atoms with Gasteiger partial charge in [-0.3, -0.25) is 4.79 Å². The van der Waals surface area contributed by atoms with Crippen LogP contribution in [-0.4, -0.2) is 16.9 Å². The van der Waals surface area contributed by atoms with E-state index in [-0.39, 0.29) is 38.6 Å². The Kier molecular flexibility index (Phi) is 11.4. The fourth-order valence-electron chi connectivity index (χ4n) is 8.65. The number of carboxylic acid groups (broad SMARTS) is 1. The Morgan fingerprint density at radius 2 is 1.16 bits per heavy atom. The van der Waals surface area contributed by atoms with Gasteiger partial charge in [-0.25, -0.2) is 13.6 Å². The maximum absolute atomic E-state index is 14.0. The second-order valence-electron chi connectivity index (χ2n) is 18.0. The van der Waals surface area contributed by atoms with Crippen LogP contribution in [0.15, 0.2) is 86.0 Å². The van der Waals surface area contributed by atoms with Gasteiger partial charge in [-0.2, -0.15) is 0 Å². The van der Waals surface area contributed by atoms with Gasteiger partial charge in [0.2, 0.25) is 0 Å². The van der Waals surface area contributed by atoms with E-state index in [9.17, 15) is 18.4 Å². The van der Waals surface area contributed by atoms with E-state index >= 15 is 0 Å². The first-order chi connectivity index (χ1) is 26.2. The number of ketones is 1. The minimum atomic E-state index is -2.59. The summed E-state index contributed by atoms with van der Waals surface area (Å²) in [6, 6.07) is 21.6. The molecule has 0 bridgehead atoms. The van der Waals surface area contributed by atoms with Crippen molar-refractivity contribution in [3.05, 3.63) is 152 Å². The van der Waals surface area contributed by atoms with Crippen molar-refractivity contribution < 1.29 is 23.5 Å². The van der Waals surface area contributed by atoms with Gasteiger partial charge in [0.15, 0.2) is 5.78 Å². The van der Waals surface area contributed by atoms with Crippen LogP contribution < -0.4 is 0 Å². The molecule has 7 heteroatoms. The van der Waals surface area contributed by atoms with Crippen molar-refractivity contribution in [1.82, 2.24) is 0 Å². The van der Waals surface area contributed by atoms with E-state index in [4.69, 9.17) is 28.3 Å². The lowest BCUT2D eigenvalue weighted by Gasteiger charge is -2.38. The van der Waals surface area contributed by atoms with Gasteiger partial charge in [-0.05, 0) is 171 Å². The lowest BCUT2D eigenvalue weighted by molar-refractivity contribution is 0.0696. The number of carbonyl (C=O) groups excluding carboxylic acids is 1. The fourth-order valence-corrected chi connectivity index (χ4v) is 8.99. The van der Waals surface area contributed by atoms with Crippen LogP contribution in [0, 0.1) is 0 Å². The fraction of sp³-hybridized carbons (Fsp3) is 0.388. The molecule has 0 saturated heterocycles. The molecule has 0 unspecified atom stereocenters. The zero-order chi connectivity index (χ0) is 41.0. The number of fused-ring (bicyclic) bond motifs is 4. The molecule has 1 spiro atoms. The van der Waals surface area contributed by atoms with Gasteiger partial charge in [0.05, 0.1) is 5.56 Å². The summed E-state index contributed by atoms with van der Waals surface area (Å²) in [6.45, 7) is 21.3. The van der Waals surface area contributed by atoms with Crippen LogP contribution >= 0.6 is 23.2 Å². The number of hydrogen-bond acceptors (Lipinski definition) is 2. The van der Waals surface area contributed by atoms with Gasteiger partial charge < -0.3 is 5.11 Å². The Morgan fingerprint density at radius 3 is 1.71 bits per heavy atom. The maximum Gasteiger partial charge on any atom is 0.335 e. The monoisotopic (exact) mass is 796 g/mol. The lowest BCUT2D eigenvalue weighted by Crippen LogP contribution is -2.30. The van der Waals surface area contributed by atoms with Crippen molar-refractivity contribution in [3.63, 3.8) is 0 Å². The van der Waals surface area contributed by atoms with Crippen LogP contribution in [0.1, 0.15) is 165 Å². The van der Waals surface area contributed by atoms with Crippen LogP contribution in [0.2, 0.25) is 10.0 Å². The molecule has 3 nitrogen and oxygen atoms in total. The summed E-state index contributed by atoms with van der Waals surface area (Å²) >= 11 is 12.0. The summed E-state index contributed by atoms with van der Waals surface area (Å²) < 4.78 is 28.0. The topological polar surface area (TPSA) is 54.4 Å². The van der Waals surface area contributed by atoms with Gasteiger partial charge in [-0.15, -0.1) is 0 Å². The summed E-state index contributed by atoms with van der Waals surface area (Å²) in [4.78, 5) is 22.7. The van der Waals surface area contributed by atoms with Crippen molar-refractivity contribution in [2.24, 2.45) is 0 Å². The highest BCUT2D eigenvalue weighted by Crippen LogP contribution is 2.60. The summed E-state index contributed by atoms with van der Waals surface area (Å²) in [5.41, 5.74) is 10.2. The predicted molar refractivity (Wildman–Crippen MR) is 227 cm³/mol. The molecule has 1 N–H and O–H groups in total. The van der Waals surface area contributed by atoms with Gasteiger partial charge in [0, 0.05) is 27.6 Å². The van der Waals surface area contributed by atoms with E-state index in [2.05, 4.69) is 66.8 Å². The smallest absolute Gasteiger partial charge is 0.335 e. The Bertz CT molecular complexity index is 2150. The Hall–Kier alpha value is -4.06. The van der Waals surface area contributed by atoms with Crippen LogP contribution in [-0.2, 0) is 21.7 Å². The molecule has 0 aliphatic heterocycles. The largest absolute Gasteiger partial charge is 0.478 e. The summed E-state index contributed by atoms with van der Waals surface area (Å²) in [5.74, 6) is -0.770. The highest BCUT2D eigenvalue weighted by molar-refractivity contribution is 6.31. The normalized spacial score (nSPS) is 19.0. The molecule has 0 heterocycles. The molecule has 1 saturated carbocycles. The van der Waals surface area contributed by atoms with Crippen molar-refractivity contribution in [2.45, 2.75) is 121 Å². The number of allylic oxidation sites excluding steroid dienone is 1. The van der Waals surface area contributed by atoms with E-state index < -0.39 is 12.4 Å². The predicted octanol–water partition coefficient (Wildman–Crippen LogP) is 14.5. The molecule has 4 aliphatic carbocycles. The number of alkyl halides is 2. The third-order valence-electron chi connectivity index (χ3n) is 12.7. The van der Waals surface area contributed by atoms with E-state index in [1.54, 1.807) is 24.3 Å². The summed E-state index contributed by atoms with van der Waals surface area (Å²) in [5, 5.41) is 10.6. The average molecular weight is 798 g/mol. The maximum atomic E-state index is 14.0. The number of rotatable bonds is 4. The third-order valence-corrected chi connectivity index (χ3v) is 13.2. The van der Waals surface area contributed by atoms with Crippen molar-refractivity contribution in [2.75, 3.05) is 0 Å². The van der Waals surface area contributed by atoms with Crippen LogP contribution in [0.4, 0.5) is 8.78 Å². The standard InChI is InChI=1S/C24H24F2O2.C13H15Cl.C12H13ClO/c1-14(15-4-6-16(7-5-15)22(27)28)17-12-20-19(13-18(17)21(25)26)23(2,3)8-9-24(20)10-11-24;1-9-6-7-13(2,3)12-8-10(14)4-5-11(9)12;1-12(2)6-5-11(14)9-4-3-8(13)7-10(9)12/h4-7,12-13,21H,1,8-11H2,2-3H3,(H,27,28);4-5,8H,1,6-7H2,2-3H3;3-4,7H,5-6H2,1-2H3. The molecule has 8 rings (SSSR count). The number of Topliss-reactive ketones (excluding diaryl/α,β-unsaturated/α-hetero) is 1. The van der Waals surface area contributed by atoms with Gasteiger partial charge in [0.25, 0.3) is 6.43 Å². The van der Waals surface area contributed by atoms with Crippen molar-refractivity contribution in [3.8, 4) is 0 Å². The summed E-state index contributed by atoms with van der Waals surface area (Å²) in [6.07, 6.45) is 5.58. The molecule has 1 fully saturated rings. The molecule has 0 aromatic heterocycles. The van der Waals surface area contributed by atoms with Crippen LogP contribution in [0.5, 0.6) is 0 Å². The molecule has 4 aromatic rings. The number of hydrogen-bond donors (Lipinski definition) is 1. The van der Waals surface area contributed by atoms with Crippen molar-refractivity contribution in [1.29, 1.82) is 0 Å². The Labute approximate surface area is 340 Å². The van der Waals surface area contributed by atoms with E-state index in [0.717, 1.165) is 60.2 Å². The highest BCUT2D eigenvalue weighted by atomic mass is 35.5. The molecular weight excluding hydrogens is 745 g/mol. The molecule has 56 heavy (non-hydrogen) atoms. The van der Waals surface area contributed by atoms with Gasteiger partial charge >= 0.3 is 5.97 Å². The quantitative estimate of drug-likeness (QED) is 0.224. The minimum Gasteiger partial charge on any atom is -0.478 e. The molecule has 0 amide bonds. The van der Waals surface area contributed by atoms with Gasteiger partial charge in [-0.1, -0.05) is 96.1 Å². The highest BCUT2D eigenvalue weighted by Gasteiger charge is 2.51. The van der Waals surface area contributed by atoms with Crippen molar-refractivity contribution >= 4 is 46.1 Å². The first kappa shape index (κ1) is 41.6. The number of carbonyl (C=O) groups is 2. The van der Waals surface area contributed by atoms with E-state index in [0.29, 0.717) is 28.1 Å². The first-order valence-electron chi connectivity index (χ1n) is 19.5. The second kappa shape index (κ2) is 15.4. The second-order valence-corrected chi connectivity index (χ2v) is 18.9.